The highest BCUT2D eigenvalue weighted by Gasteiger charge is 2.11. The Morgan fingerprint density at radius 3 is 2.60 bits per heavy atom. The molecule has 0 aliphatic rings. The first-order chi connectivity index (χ1) is 9.83. The molecule has 2 rings (SSSR count). The topological polar surface area (TPSA) is 33.1 Å². The van der Waals surface area contributed by atoms with Crippen molar-refractivity contribution in [3.05, 3.63) is 42.1 Å². The minimum absolute atomic E-state index is 0.389. The summed E-state index contributed by atoms with van der Waals surface area (Å²) in [5.74, 6) is 0. The highest BCUT2D eigenvalue weighted by molar-refractivity contribution is 5.81. The number of aromatic nitrogens is 1. The zero-order chi connectivity index (χ0) is 14.2. The SMILES string of the molecule is CCCCCCCCC(O)c1cccc2cccnc12. The molecule has 0 fully saturated rings. The van der Waals surface area contributed by atoms with E-state index in [0.29, 0.717) is 0 Å². The molecule has 20 heavy (non-hydrogen) atoms. The number of hydrogen-bond donors (Lipinski definition) is 1. The number of unbranched alkanes of at least 4 members (excludes halogenated alkanes) is 5. The number of pyridine rings is 1. The van der Waals surface area contributed by atoms with Gasteiger partial charge >= 0.3 is 0 Å². The van der Waals surface area contributed by atoms with Crippen molar-refractivity contribution >= 4 is 10.9 Å². The minimum atomic E-state index is -0.389. The van der Waals surface area contributed by atoms with Gasteiger partial charge in [0.1, 0.15) is 0 Å². The molecule has 0 radical (unpaired) electrons. The fraction of sp³-hybridized carbons (Fsp3) is 0.500. The number of rotatable bonds is 8. The molecule has 1 heterocycles. The van der Waals surface area contributed by atoms with Gasteiger partial charge in [-0.3, -0.25) is 4.98 Å². The van der Waals surface area contributed by atoms with Crippen molar-refractivity contribution in [1.82, 2.24) is 4.98 Å². The van der Waals surface area contributed by atoms with Gasteiger partial charge in [-0.05, 0) is 12.5 Å². The van der Waals surface area contributed by atoms with Gasteiger partial charge in [0.15, 0.2) is 0 Å². The van der Waals surface area contributed by atoms with E-state index in [9.17, 15) is 5.11 Å². The number of nitrogens with zero attached hydrogens (tertiary/aromatic N) is 1. The molecule has 2 heteroatoms. The predicted molar refractivity (Wildman–Crippen MR) is 84.7 cm³/mol. The summed E-state index contributed by atoms with van der Waals surface area (Å²) >= 11 is 0. The molecule has 0 saturated carbocycles. The van der Waals surface area contributed by atoms with Crippen molar-refractivity contribution in [3.8, 4) is 0 Å². The monoisotopic (exact) mass is 271 g/mol. The summed E-state index contributed by atoms with van der Waals surface area (Å²) in [6, 6.07) is 10.0. The van der Waals surface area contributed by atoms with Gasteiger partial charge in [0.2, 0.25) is 0 Å². The summed E-state index contributed by atoms with van der Waals surface area (Å²) in [7, 11) is 0. The molecule has 0 amide bonds. The summed E-state index contributed by atoms with van der Waals surface area (Å²) in [6.45, 7) is 2.23. The second-order valence-corrected chi connectivity index (χ2v) is 5.49. The normalized spacial score (nSPS) is 12.7. The van der Waals surface area contributed by atoms with Crippen LogP contribution in [0.3, 0.4) is 0 Å². The third-order valence-corrected chi connectivity index (χ3v) is 3.85. The van der Waals surface area contributed by atoms with E-state index in [1.165, 1.54) is 32.1 Å². The number of hydrogen-bond acceptors (Lipinski definition) is 2. The Labute approximate surface area is 121 Å². The van der Waals surface area contributed by atoms with Crippen LogP contribution in [0.1, 0.15) is 63.5 Å². The Hall–Kier alpha value is -1.41. The van der Waals surface area contributed by atoms with Crippen LogP contribution in [0.4, 0.5) is 0 Å². The number of aliphatic hydroxyl groups is 1. The lowest BCUT2D eigenvalue weighted by Gasteiger charge is -2.13. The predicted octanol–water partition coefficient (Wildman–Crippen LogP) is 5.02. The van der Waals surface area contributed by atoms with Gasteiger partial charge in [0.05, 0.1) is 11.6 Å². The molecule has 2 aromatic rings. The smallest absolute Gasteiger partial charge is 0.0811 e. The maximum absolute atomic E-state index is 10.4. The van der Waals surface area contributed by atoms with E-state index in [4.69, 9.17) is 0 Å². The Balaban J connectivity index is 1.89. The van der Waals surface area contributed by atoms with Crippen LogP contribution in [-0.2, 0) is 0 Å². The van der Waals surface area contributed by atoms with E-state index in [0.717, 1.165) is 29.3 Å². The molecule has 1 N–H and O–H groups in total. The second kappa shape index (κ2) is 8.01. The second-order valence-electron chi connectivity index (χ2n) is 5.49. The van der Waals surface area contributed by atoms with Gasteiger partial charge in [-0.25, -0.2) is 0 Å². The maximum atomic E-state index is 10.4. The van der Waals surface area contributed by atoms with Crippen LogP contribution in [0.2, 0.25) is 0 Å². The highest BCUT2D eigenvalue weighted by Crippen LogP contribution is 2.26. The van der Waals surface area contributed by atoms with Gasteiger partial charge in [0.25, 0.3) is 0 Å². The molecule has 1 aromatic heterocycles. The van der Waals surface area contributed by atoms with Crippen LogP contribution >= 0.6 is 0 Å². The van der Waals surface area contributed by atoms with E-state index in [1.54, 1.807) is 6.20 Å². The third-order valence-electron chi connectivity index (χ3n) is 3.85. The molecule has 1 aromatic carbocycles. The lowest BCUT2D eigenvalue weighted by atomic mass is 9.99. The number of aliphatic hydroxyl groups excluding tert-OH is 1. The van der Waals surface area contributed by atoms with Crippen molar-refractivity contribution < 1.29 is 5.11 Å². The van der Waals surface area contributed by atoms with Gasteiger partial charge in [-0.2, -0.15) is 0 Å². The molecule has 0 spiro atoms. The first-order valence-corrected chi connectivity index (χ1v) is 7.84. The zero-order valence-corrected chi connectivity index (χ0v) is 12.4. The van der Waals surface area contributed by atoms with E-state index in [1.807, 2.05) is 30.3 Å². The molecular formula is C18H25NO. The Morgan fingerprint density at radius 1 is 1.00 bits per heavy atom. The fourth-order valence-electron chi connectivity index (χ4n) is 2.67. The van der Waals surface area contributed by atoms with Crippen LogP contribution in [0, 0.1) is 0 Å². The largest absolute Gasteiger partial charge is 0.388 e. The molecule has 0 aliphatic heterocycles. The Kier molecular flexibility index (Phi) is 6.00. The molecule has 1 unspecified atom stereocenters. The summed E-state index contributed by atoms with van der Waals surface area (Å²) in [4.78, 5) is 4.41. The minimum Gasteiger partial charge on any atom is -0.388 e. The lowest BCUT2D eigenvalue weighted by molar-refractivity contribution is 0.164. The standard InChI is InChI=1S/C18H25NO/c1-2-3-4-5-6-7-13-17(20)16-12-8-10-15-11-9-14-19-18(15)16/h8-12,14,17,20H,2-7,13H2,1H3. The van der Waals surface area contributed by atoms with Gasteiger partial charge in [0, 0.05) is 17.1 Å². The van der Waals surface area contributed by atoms with Gasteiger partial charge in [-0.1, -0.05) is 69.7 Å². The van der Waals surface area contributed by atoms with E-state index < -0.39 is 0 Å². The number of benzene rings is 1. The summed E-state index contributed by atoms with van der Waals surface area (Å²) in [5, 5.41) is 11.5. The number of para-hydroxylation sites is 1. The summed E-state index contributed by atoms with van der Waals surface area (Å²) < 4.78 is 0. The van der Waals surface area contributed by atoms with Crippen LogP contribution in [0.25, 0.3) is 10.9 Å². The molecule has 0 aliphatic carbocycles. The fourth-order valence-corrected chi connectivity index (χ4v) is 2.67. The van der Waals surface area contributed by atoms with Crippen LogP contribution in [0.15, 0.2) is 36.5 Å². The van der Waals surface area contributed by atoms with Crippen LogP contribution < -0.4 is 0 Å². The van der Waals surface area contributed by atoms with E-state index in [2.05, 4.69) is 11.9 Å². The number of fused-ring (bicyclic) bond motifs is 1. The van der Waals surface area contributed by atoms with E-state index >= 15 is 0 Å². The molecule has 0 saturated heterocycles. The average molecular weight is 271 g/mol. The van der Waals surface area contributed by atoms with Crippen molar-refractivity contribution in [3.63, 3.8) is 0 Å². The Bertz CT molecular complexity index is 518. The summed E-state index contributed by atoms with van der Waals surface area (Å²) in [5.41, 5.74) is 1.91. The Morgan fingerprint density at radius 2 is 1.75 bits per heavy atom. The molecule has 2 nitrogen and oxygen atoms in total. The average Bonchev–Trinajstić information content (AvgIpc) is 2.50. The molecule has 108 valence electrons. The quantitative estimate of drug-likeness (QED) is 0.684. The van der Waals surface area contributed by atoms with Crippen molar-refractivity contribution in [1.29, 1.82) is 0 Å². The van der Waals surface area contributed by atoms with Crippen LogP contribution in [0.5, 0.6) is 0 Å². The van der Waals surface area contributed by atoms with Gasteiger partial charge in [-0.15, -0.1) is 0 Å². The lowest BCUT2D eigenvalue weighted by Crippen LogP contribution is -1.99. The molecule has 1 atom stereocenters. The summed E-state index contributed by atoms with van der Waals surface area (Å²) in [6.07, 6.45) is 9.77. The van der Waals surface area contributed by atoms with Crippen molar-refractivity contribution in [2.45, 2.75) is 58.0 Å². The molecular weight excluding hydrogens is 246 g/mol. The van der Waals surface area contributed by atoms with Gasteiger partial charge < -0.3 is 5.11 Å². The van der Waals surface area contributed by atoms with E-state index in [-0.39, 0.29) is 6.10 Å². The third kappa shape index (κ3) is 4.04. The first-order valence-electron chi connectivity index (χ1n) is 7.84. The van der Waals surface area contributed by atoms with Crippen molar-refractivity contribution in [2.75, 3.05) is 0 Å². The van der Waals surface area contributed by atoms with Crippen LogP contribution in [-0.4, -0.2) is 10.1 Å². The molecule has 0 bridgehead atoms. The zero-order valence-electron chi connectivity index (χ0n) is 12.4. The first kappa shape index (κ1) is 15.0. The van der Waals surface area contributed by atoms with Crippen molar-refractivity contribution in [2.24, 2.45) is 0 Å². The highest BCUT2D eigenvalue weighted by atomic mass is 16.3. The maximum Gasteiger partial charge on any atom is 0.0811 e.